The highest BCUT2D eigenvalue weighted by atomic mass is 19.4. The third-order valence-electron chi connectivity index (χ3n) is 3.46. The van der Waals surface area contributed by atoms with Crippen LogP contribution in [0.2, 0.25) is 0 Å². The van der Waals surface area contributed by atoms with Crippen LogP contribution in [0.3, 0.4) is 0 Å². The third-order valence-corrected chi connectivity index (χ3v) is 3.46. The number of halogens is 3. The van der Waals surface area contributed by atoms with Crippen LogP contribution in [0.15, 0.2) is 48.7 Å². The van der Waals surface area contributed by atoms with Gasteiger partial charge in [0.15, 0.2) is 0 Å². The molecule has 0 radical (unpaired) electrons. The number of para-hydroxylation sites is 1. The predicted octanol–water partition coefficient (Wildman–Crippen LogP) is 4.54. The van der Waals surface area contributed by atoms with Crippen molar-refractivity contribution in [3.05, 3.63) is 59.8 Å². The summed E-state index contributed by atoms with van der Waals surface area (Å²) in [5, 5.41) is 0.978. The molecule has 2 aromatic carbocycles. The lowest BCUT2D eigenvalue weighted by Crippen LogP contribution is -2.07. The average Bonchev–Trinajstić information content (AvgIpc) is 2.82. The maximum Gasteiger partial charge on any atom is 0.416 e. The molecule has 0 aliphatic rings. The summed E-state index contributed by atoms with van der Waals surface area (Å²) in [6.45, 7) is 1.93. The minimum Gasteiger partial charge on any atom is -0.399 e. The molecule has 0 bridgehead atoms. The smallest absolute Gasteiger partial charge is 0.399 e. The minimum absolute atomic E-state index is 0.0928. The Labute approximate surface area is 119 Å². The second kappa shape index (κ2) is 4.55. The van der Waals surface area contributed by atoms with Gasteiger partial charge in [-0.1, -0.05) is 18.2 Å². The van der Waals surface area contributed by atoms with Gasteiger partial charge in [-0.25, -0.2) is 0 Å². The molecule has 5 heteroatoms. The lowest BCUT2D eigenvalue weighted by atomic mass is 10.1. The zero-order valence-corrected chi connectivity index (χ0v) is 11.3. The second-order valence-corrected chi connectivity index (χ2v) is 5.01. The van der Waals surface area contributed by atoms with Crippen molar-refractivity contribution in [2.24, 2.45) is 0 Å². The highest BCUT2D eigenvalue weighted by Gasteiger charge is 2.31. The fraction of sp³-hybridized carbons (Fsp3) is 0.125. The molecule has 3 aromatic rings. The summed E-state index contributed by atoms with van der Waals surface area (Å²) >= 11 is 0. The predicted molar refractivity (Wildman–Crippen MR) is 77.4 cm³/mol. The number of nitrogens with zero attached hydrogens (tertiary/aromatic N) is 1. The van der Waals surface area contributed by atoms with Crippen LogP contribution in [-0.2, 0) is 6.18 Å². The van der Waals surface area contributed by atoms with Gasteiger partial charge in [0.1, 0.15) is 0 Å². The van der Waals surface area contributed by atoms with E-state index in [-0.39, 0.29) is 5.69 Å². The van der Waals surface area contributed by atoms with E-state index in [2.05, 4.69) is 0 Å². The standard InChI is InChI=1S/C16H13F3N2/c1-10-3-2-4-11-5-6-21(15(10)11)14-8-12(16(17,18)19)7-13(20)9-14/h2-9H,20H2,1H3. The van der Waals surface area contributed by atoms with Gasteiger partial charge in [-0.2, -0.15) is 13.2 Å². The molecular weight excluding hydrogens is 277 g/mol. The Morgan fingerprint density at radius 3 is 2.52 bits per heavy atom. The highest BCUT2D eigenvalue weighted by Crippen LogP contribution is 2.33. The van der Waals surface area contributed by atoms with Gasteiger partial charge in [-0.3, -0.25) is 0 Å². The molecule has 2 nitrogen and oxygen atoms in total. The third kappa shape index (κ3) is 2.35. The first-order valence-corrected chi connectivity index (χ1v) is 6.41. The molecular formula is C16H13F3N2. The number of nitrogen functional groups attached to an aromatic ring is 1. The Kier molecular flexibility index (Phi) is 2.93. The molecule has 21 heavy (non-hydrogen) atoms. The Balaban J connectivity index is 2.26. The van der Waals surface area contributed by atoms with Crippen LogP contribution in [0.5, 0.6) is 0 Å². The summed E-state index contributed by atoms with van der Waals surface area (Å²) in [7, 11) is 0. The van der Waals surface area contributed by atoms with Crippen molar-refractivity contribution in [2.45, 2.75) is 13.1 Å². The number of aryl methyl sites for hydroxylation is 1. The highest BCUT2D eigenvalue weighted by molar-refractivity contribution is 5.85. The summed E-state index contributed by atoms with van der Waals surface area (Å²) < 4.78 is 40.5. The van der Waals surface area contributed by atoms with Crippen molar-refractivity contribution in [1.82, 2.24) is 4.57 Å². The number of benzene rings is 2. The number of nitrogens with two attached hydrogens (primary N) is 1. The average molecular weight is 290 g/mol. The summed E-state index contributed by atoms with van der Waals surface area (Å²) in [6.07, 6.45) is -2.66. The summed E-state index contributed by atoms with van der Waals surface area (Å²) in [5.74, 6) is 0. The van der Waals surface area contributed by atoms with E-state index in [1.165, 1.54) is 0 Å². The number of hydrogen-bond donors (Lipinski definition) is 1. The topological polar surface area (TPSA) is 30.9 Å². The minimum atomic E-state index is -4.41. The molecule has 3 rings (SSSR count). The lowest BCUT2D eigenvalue weighted by Gasteiger charge is -2.13. The number of aromatic nitrogens is 1. The molecule has 0 atom stereocenters. The molecule has 0 aliphatic heterocycles. The van der Waals surface area contributed by atoms with E-state index in [9.17, 15) is 13.2 Å². The molecule has 0 unspecified atom stereocenters. The van der Waals surface area contributed by atoms with Crippen molar-refractivity contribution in [1.29, 1.82) is 0 Å². The second-order valence-electron chi connectivity index (χ2n) is 5.01. The van der Waals surface area contributed by atoms with Gasteiger partial charge in [0.25, 0.3) is 0 Å². The Hall–Kier alpha value is -2.43. The Bertz CT molecular complexity index is 816. The van der Waals surface area contributed by atoms with Crippen molar-refractivity contribution < 1.29 is 13.2 Å². The lowest BCUT2D eigenvalue weighted by molar-refractivity contribution is -0.137. The van der Waals surface area contributed by atoms with E-state index < -0.39 is 11.7 Å². The van der Waals surface area contributed by atoms with Crippen LogP contribution in [0.4, 0.5) is 18.9 Å². The SMILES string of the molecule is Cc1cccc2ccn(-c3cc(N)cc(C(F)(F)F)c3)c12. The molecule has 2 N–H and O–H groups in total. The Morgan fingerprint density at radius 1 is 1.05 bits per heavy atom. The van der Waals surface area contributed by atoms with Gasteiger partial charge in [0.05, 0.1) is 11.1 Å². The van der Waals surface area contributed by atoms with Crippen LogP contribution in [0, 0.1) is 6.92 Å². The van der Waals surface area contributed by atoms with E-state index >= 15 is 0 Å². The fourth-order valence-electron chi connectivity index (χ4n) is 2.53. The zero-order valence-electron chi connectivity index (χ0n) is 11.3. The molecule has 1 aromatic heterocycles. The maximum atomic E-state index is 12.9. The number of alkyl halides is 3. The summed E-state index contributed by atoms with van der Waals surface area (Å²) in [5.41, 5.74) is 7.27. The van der Waals surface area contributed by atoms with Crippen LogP contribution in [-0.4, -0.2) is 4.57 Å². The van der Waals surface area contributed by atoms with Gasteiger partial charge < -0.3 is 10.3 Å². The van der Waals surface area contributed by atoms with Crippen LogP contribution in [0.1, 0.15) is 11.1 Å². The van der Waals surface area contributed by atoms with Gasteiger partial charge >= 0.3 is 6.18 Å². The first kappa shape index (κ1) is 13.5. The van der Waals surface area contributed by atoms with E-state index in [0.717, 1.165) is 28.6 Å². The van der Waals surface area contributed by atoms with Gasteiger partial charge in [0, 0.05) is 23.0 Å². The molecule has 0 amide bonds. The fourth-order valence-corrected chi connectivity index (χ4v) is 2.53. The Morgan fingerprint density at radius 2 is 1.81 bits per heavy atom. The van der Waals surface area contributed by atoms with Gasteiger partial charge in [0.2, 0.25) is 0 Å². The molecule has 0 aliphatic carbocycles. The van der Waals surface area contributed by atoms with Crippen molar-refractivity contribution >= 4 is 16.6 Å². The van der Waals surface area contributed by atoms with Crippen molar-refractivity contribution in [2.75, 3.05) is 5.73 Å². The largest absolute Gasteiger partial charge is 0.416 e. The first-order valence-electron chi connectivity index (χ1n) is 6.41. The molecule has 1 heterocycles. The summed E-state index contributed by atoms with van der Waals surface area (Å²) in [6, 6.07) is 11.2. The van der Waals surface area contributed by atoms with Gasteiger partial charge in [-0.15, -0.1) is 0 Å². The van der Waals surface area contributed by atoms with E-state index in [1.807, 2.05) is 31.2 Å². The molecule has 0 saturated heterocycles. The number of hydrogen-bond acceptors (Lipinski definition) is 1. The maximum absolute atomic E-state index is 12.9. The van der Waals surface area contributed by atoms with E-state index in [4.69, 9.17) is 5.73 Å². The van der Waals surface area contributed by atoms with E-state index in [1.54, 1.807) is 16.8 Å². The van der Waals surface area contributed by atoms with Crippen LogP contribution >= 0.6 is 0 Å². The molecule has 0 fully saturated rings. The molecule has 108 valence electrons. The van der Waals surface area contributed by atoms with Crippen molar-refractivity contribution in [3.63, 3.8) is 0 Å². The van der Waals surface area contributed by atoms with Crippen molar-refractivity contribution in [3.8, 4) is 5.69 Å². The van der Waals surface area contributed by atoms with Gasteiger partial charge in [-0.05, 0) is 36.8 Å². The quantitative estimate of drug-likeness (QED) is 0.655. The number of rotatable bonds is 1. The molecule has 0 spiro atoms. The monoisotopic (exact) mass is 290 g/mol. The normalized spacial score (nSPS) is 12.0. The number of anilines is 1. The zero-order chi connectivity index (χ0) is 15.2. The van der Waals surface area contributed by atoms with Crippen LogP contribution < -0.4 is 5.73 Å². The van der Waals surface area contributed by atoms with Crippen LogP contribution in [0.25, 0.3) is 16.6 Å². The van der Waals surface area contributed by atoms with E-state index in [0.29, 0.717) is 5.69 Å². The summed E-state index contributed by atoms with van der Waals surface area (Å²) in [4.78, 5) is 0. The number of fused-ring (bicyclic) bond motifs is 1. The first-order chi connectivity index (χ1) is 9.86. The molecule has 0 saturated carbocycles.